The Labute approximate surface area is 174 Å². The van der Waals surface area contributed by atoms with Crippen LogP contribution in [-0.4, -0.2) is 15.9 Å². The predicted molar refractivity (Wildman–Crippen MR) is 108 cm³/mol. The van der Waals surface area contributed by atoms with Gasteiger partial charge < -0.3 is 10.3 Å². The molecule has 0 aliphatic heterocycles. The Morgan fingerprint density at radius 3 is 2.43 bits per heavy atom. The van der Waals surface area contributed by atoms with Crippen LogP contribution in [0.2, 0.25) is 5.02 Å². The van der Waals surface area contributed by atoms with E-state index in [2.05, 4.69) is 15.3 Å². The van der Waals surface area contributed by atoms with Gasteiger partial charge in [0.2, 0.25) is 5.82 Å². The van der Waals surface area contributed by atoms with E-state index >= 15 is 0 Å². The molecule has 0 spiro atoms. The SMILES string of the molecule is O=C(NC(c1ccccc1)c1ccc2nc(C(F)(F)F)[nH]c2c1)c1cccc(Cl)c1. The van der Waals surface area contributed by atoms with Gasteiger partial charge in [0.05, 0.1) is 17.1 Å². The normalized spacial score (nSPS) is 12.7. The zero-order chi connectivity index (χ0) is 21.3. The van der Waals surface area contributed by atoms with Crippen molar-refractivity contribution < 1.29 is 18.0 Å². The molecule has 0 bridgehead atoms. The highest BCUT2D eigenvalue weighted by atomic mass is 35.5. The number of aromatic nitrogens is 2. The number of nitrogens with zero attached hydrogens (tertiary/aromatic N) is 1. The first-order valence-electron chi connectivity index (χ1n) is 8.99. The molecule has 0 fully saturated rings. The number of imidazole rings is 1. The average molecular weight is 430 g/mol. The maximum Gasteiger partial charge on any atom is 0.449 e. The van der Waals surface area contributed by atoms with Crippen LogP contribution >= 0.6 is 11.6 Å². The van der Waals surface area contributed by atoms with E-state index in [9.17, 15) is 18.0 Å². The van der Waals surface area contributed by atoms with Gasteiger partial charge in [0.15, 0.2) is 0 Å². The molecule has 1 aromatic heterocycles. The summed E-state index contributed by atoms with van der Waals surface area (Å²) < 4.78 is 38.9. The summed E-state index contributed by atoms with van der Waals surface area (Å²) in [4.78, 5) is 18.7. The molecule has 8 heteroatoms. The summed E-state index contributed by atoms with van der Waals surface area (Å²) in [5.74, 6) is -1.42. The topological polar surface area (TPSA) is 57.8 Å². The number of aromatic amines is 1. The number of rotatable bonds is 4. The second-order valence-corrected chi connectivity index (χ2v) is 7.12. The molecule has 0 saturated carbocycles. The van der Waals surface area contributed by atoms with E-state index in [1.165, 1.54) is 6.07 Å². The van der Waals surface area contributed by atoms with Crippen LogP contribution in [0.4, 0.5) is 13.2 Å². The van der Waals surface area contributed by atoms with E-state index in [0.717, 1.165) is 5.56 Å². The molecule has 152 valence electrons. The lowest BCUT2D eigenvalue weighted by Crippen LogP contribution is -2.29. The molecule has 2 N–H and O–H groups in total. The Hall–Kier alpha value is -3.32. The van der Waals surface area contributed by atoms with Crippen LogP contribution < -0.4 is 5.32 Å². The highest BCUT2D eigenvalue weighted by Gasteiger charge is 2.34. The number of H-pyrrole nitrogens is 1. The first kappa shape index (κ1) is 20.0. The van der Waals surface area contributed by atoms with Crippen molar-refractivity contribution in [3.8, 4) is 0 Å². The number of carbonyl (C=O) groups excluding carboxylic acids is 1. The first-order chi connectivity index (χ1) is 14.3. The summed E-state index contributed by atoms with van der Waals surface area (Å²) >= 11 is 5.98. The highest BCUT2D eigenvalue weighted by Crippen LogP contribution is 2.30. The van der Waals surface area contributed by atoms with Gasteiger partial charge in [-0.25, -0.2) is 4.98 Å². The molecule has 1 amide bonds. The number of halogens is 4. The number of hydrogen-bond acceptors (Lipinski definition) is 2. The Balaban J connectivity index is 1.73. The molecule has 0 saturated heterocycles. The lowest BCUT2D eigenvalue weighted by Gasteiger charge is -2.20. The van der Waals surface area contributed by atoms with Crippen molar-refractivity contribution >= 4 is 28.5 Å². The number of nitrogens with one attached hydrogen (secondary N) is 2. The van der Waals surface area contributed by atoms with Crippen LogP contribution in [-0.2, 0) is 6.18 Å². The molecule has 0 aliphatic carbocycles. The summed E-state index contributed by atoms with van der Waals surface area (Å²) in [7, 11) is 0. The number of fused-ring (bicyclic) bond motifs is 1. The fraction of sp³-hybridized carbons (Fsp3) is 0.0909. The molecule has 1 atom stereocenters. The summed E-state index contributed by atoms with van der Waals surface area (Å²) in [6.07, 6.45) is -4.57. The van der Waals surface area contributed by atoms with Crippen molar-refractivity contribution in [2.75, 3.05) is 0 Å². The number of benzene rings is 3. The van der Waals surface area contributed by atoms with Crippen molar-refractivity contribution in [2.24, 2.45) is 0 Å². The fourth-order valence-corrected chi connectivity index (χ4v) is 3.38. The highest BCUT2D eigenvalue weighted by molar-refractivity contribution is 6.30. The van der Waals surface area contributed by atoms with Crippen LogP contribution in [0.15, 0.2) is 72.8 Å². The quantitative estimate of drug-likeness (QED) is 0.433. The van der Waals surface area contributed by atoms with E-state index in [1.807, 2.05) is 30.3 Å². The van der Waals surface area contributed by atoms with Crippen molar-refractivity contribution in [2.45, 2.75) is 12.2 Å². The Morgan fingerprint density at radius 2 is 1.73 bits per heavy atom. The molecule has 0 aliphatic rings. The summed E-state index contributed by atoms with van der Waals surface area (Å²) in [6.45, 7) is 0. The van der Waals surface area contributed by atoms with Crippen LogP contribution in [0.5, 0.6) is 0 Å². The van der Waals surface area contributed by atoms with Crippen molar-refractivity contribution in [1.29, 1.82) is 0 Å². The van der Waals surface area contributed by atoms with Crippen molar-refractivity contribution in [3.63, 3.8) is 0 Å². The monoisotopic (exact) mass is 429 g/mol. The second kappa shape index (κ2) is 7.84. The minimum atomic E-state index is -4.57. The standard InChI is InChI=1S/C22H15ClF3N3O/c23-16-8-4-7-15(11-16)20(30)29-19(13-5-2-1-3-6-13)14-9-10-17-18(12-14)28-21(27-17)22(24,25)26/h1-12,19H,(H,27,28)(H,29,30). The predicted octanol–water partition coefficient (Wildman–Crippen LogP) is 5.75. The second-order valence-electron chi connectivity index (χ2n) is 6.69. The minimum Gasteiger partial charge on any atom is -0.341 e. The van der Waals surface area contributed by atoms with E-state index in [-0.39, 0.29) is 16.9 Å². The van der Waals surface area contributed by atoms with Gasteiger partial charge in [-0.3, -0.25) is 4.79 Å². The van der Waals surface area contributed by atoms with Gasteiger partial charge in [-0.05, 0) is 41.5 Å². The summed E-state index contributed by atoms with van der Waals surface area (Å²) in [6, 6.07) is 19.8. The molecule has 4 rings (SSSR count). The zero-order valence-corrected chi connectivity index (χ0v) is 16.1. The first-order valence-corrected chi connectivity index (χ1v) is 9.37. The molecule has 4 aromatic rings. The smallest absolute Gasteiger partial charge is 0.341 e. The molecule has 1 heterocycles. The van der Waals surface area contributed by atoms with Gasteiger partial charge in [-0.2, -0.15) is 13.2 Å². The number of amides is 1. The molecular formula is C22H15ClF3N3O. The van der Waals surface area contributed by atoms with Crippen LogP contribution in [0, 0.1) is 0 Å². The van der Waals surface area contributed by atoms with Gasteiger partial charge in [0, 0.05) is 10.6 Å². The number of hydrogen-bond donors (Lipinski definition) is 2. The maximum absolute atomic E-state index is 13.0. The molecular weight excluding hydrogens is 415 g/mol. The van der Waals surface area contributed by atoms with E-state index in [4.69, 9.17) is 11.6 Å². The van der Waals surface area contributed by atoms with Gasteiger partial charge in [-0.15, -0.1) is 0 Å². The third-order valence-corrected chi connectivity index (χ3v) is 4.84. The van der Waals surface area contributed by atoms with Crippen molar-refractivity contribution in [1.82, 2.24) is 15.3 Å². The van der Waals surface area contributed by atoms with Gasteiger partial charge in [0.25, 0.3) is 5.91 Å². The van der Waals surface area contributed by atoms with Crippen LogP contribution in [0.1, 0.15) is 33.4 Å². The molecule has 3 aromatic carbocycles. The van der Waals surface area contributed by atoms with Gasteiger partial charge >= 0.3 is 6.18 Å². The summed E-state index contributed by atoms with van der Waals surface area (Å²) in [5, 5.41) is 3.37. The van der Waals surface area contributed by atoms with Crippen LogP contribution in [0.3, 0.4) is 0 Å². The molecule has 30 heavy (non-hydrogen) atoms. The number of carbonyl (C=O) groups is 1. The minimum absolute atomic E-state index is 0.194. The summed E-state index contributed by atoms with van der Waals surface area (Å²) in [5.41, 5.74) is 2.20. The molecule has 4 nitrogen and oxygen atoms in total. The van der Waals surface area contributed by atoms with E-state index < -0.39 is 18.0 Å². The largest absolute Gasteiger partial charge is 0.449 e. The van der Waals surface area contributed by atoms with Gasteiger partial charge in [-0.1, -0.05) is 54.1 Å². The van der Waals surface area contributed by atoms with Crippen molar-refractivity contribution in [3.05, 3.63) is 100 Å². The fourth-order valence-electron chi connectivity index (χ4n) is 3.19. The third-order valence-electron chi connectivity index (χ3n) is 4.60. The average Bonchev–Trinajstić information content (AvgIpc) is 3.16. The molecule has 1 unspecified atom stereocenters. The third kappa shape index (κ3) is 4.16. The Morgan fingerprint density at radius 1 is 0.967 bits per heavy atom. The zero-order valence-electron chi connectivity index (χ0n) is 15.4. The van der Waals surface area contributed by atoms with E-state index in [1.54, 1.807) is 36.4 Å². The lowest BCUT2D eigenvalue weighted by atomic mass is 9.97. The Kier molecular flexibility index (Phi) is 5.22. The van der Waals surface area contributed by atoms with Crippen LogP contribution in [0.25, 0.3) is 11.0 Å². The van der Waals surface area contributed by atoms with E-state index in [0.29, 0.717) is 16.1 Å². The maximum atomic E-state index is 13.0. The Bertz CT molecular complexity index is 1210. The lowest BCUT2D eigenvalue weighted by molar-refractivity contribution is -0.144. The number of alkyl halides is 3. The molecule has 0 radical (unpaired) electrons. The van der Waals surface area contributed by atoms with Gasteiger partial charge in [0.1, 0.15) is 0 Å².